The zero-order chi connectivity index (χ0) is 13.8. The molecule has 0 spiro atoms. The molecule has 1 N–H and O–H groups in total. The molecule has 1 aromatic carbocycles. The Morgan fingerprint density at radius 3 is 2.74 bits per heavy atom. The van der Waals surface area contributed by atoms with Gasteiger partial charge in [0, 0.05) is 11.8 Å². The van der Waals surface area contributed by atoms with Gasteiger partial charge in [0.1, 0.15) is 18.2 Å². The molecule has 0 saturated heterocycles. The number of halogens is 1. The van der Waals surface area contributed by atoms with Gasteiger partial charge in [0.25, 0.3) is 0 Å². The second kappa shape index (κ2) is 5.80. The van der Waals surface area contributed by atoms with Crippen LogP contribution in [0.15, 0.2) is 36.7 Å². The molecule has 0 radical (unpaired) electrons. The van der Waals surface area contributed by atoms with Gasteiger partial charge in [-0.25, -0.2) is 4.39 Å². The highest BCUT2D eigenvalue weighted by Gasteiger charge is 2.05. The fourth-order valence-corrected chi connectivity index (χ4v) is 1.79. The summed E-state index contributed by atoms with van der Waals surface area (Å²) in [4.78, 5) is 3.77. The molecule has 1 heterocycles. The molecule has 0 unspecified atom stereocenters. The Hall–Kier alpha value is -1.94. The normalized spacial score (nSPS) is 12.2. The third kappa shape index (κ3) is 3.51. The van der Waals surface area contributed by atoms with Gasteiger partial charge in [-0.3, -0.25) is 4.98 Å². The third-order valence-electron chi connectivity index (χ3n) is 2.84. The van der Waals surface area contributed by atoms with Crippen LogP contribution >= 0.6 is 0 Å². The molecular formula is C15H16FNO2. The molecule has 2 rings (SSSR count). The fraction of sp³-hybridized carbons (Fsp3) is 0.267. The zero-order valence-corrected chi connectivity index (χ0v) is 10.9. The van der Waals surface area contributed by atoms with Crippen molar-refractivity contribution in [3.8, 4) is 5.75 Å². The maximum absolute atomic E-state index is 13.0. The van der Waals surface area contributed by atoms with Crippen molar-refractivity contribution in [2.75, 3.05) is 0 Å². The van der Waals surface area contributed by atoms with E-state index in [1.807, 2.05) is 25.1 Å². The smallest absolute Gasteiger partial charge is 0.141 e. The van der Waals surface area contributed by atoms with Crippen LogP contribution in [0.1, 0.15) is 29.7 Å². The molecule has 4 heteroatoms. The van der Waals surface area contributed by atoms with Crippen LogP contribution in [0.25, 0.3) is 0 Å². The van der Waals surface area contributed by atoms with E-state index >= 15 is 0 Å². The number of hydrogen-bond acceptors (Lipinski definition) is 3. The number of aryl methyl sites for hydroxylation is 1. The molecule has 1 aromatic heterocycles. The van der Waals surface area contributed by atoms with E-state index in [1.54, 1.807) is 13.1 Å². The quantitative estimate of drug-likeness (QED) is 0.919. The fourth-order valence-electron chi connectivity index (χ4n) is 1.79. The Balaban J connectivity index is 2.07. The van der Waals surface area contributed by atoms with Crippen LogP contribution in [-0.4, -0.2) is 10.1 Å². The first-order valence-electron chi connectivity index (χ1n) is 6.07. The highest BCUT2D eigenvalue weighted by Crippen LogP contribution is 2.23. The van der Waals surface area contributed by atoms with Crippen LogP contribution in [0.5, 0.6) is 5.75 Å². The van der Waals surface area contributed by atoms with Gasteiger partial charge >= 0.3 is 0 Å². The van der Waals surface area contributed by atoms with Crippen LogP contribution in [0.3, 0.4) is 0 Å². The zero-order valence-electron chi connectivity index (χ0n) is 10.9. The van der Waals surface area contributed by atoms with Gasteiger partial charge in [-0.05, 0) is 43.2 Å². The molecule has 0 saturated carbocycles. The van der Waals surface area contributed by atoms with Gasteiger partial charge in [0.05, 0.1) is 12.3 Å². The number of pyridine rings is 1. The summed E-state index contributed by atoms with van der Waals surface area (Å²) in [7, 11) is 0. The molecule has 0 amide bonds. The van der Waals surface area contributed by atoms with Gasteiger partial charge < -0.3 is 9.84 Å². The first-order valence-corrected chi connectivity index (χ1v) is 6.07. The molecule has 19 heavy (non-hydrogen) atoms. The highest BCUT2D eigenvalue weighted by molar-refractivity contribution is 5.37. The van der Waals surface area contributed by atoms with E-state index in [2.05, 4.69) is 4.98 Å². The van der Waals surface area contributed by atoms with E-state index in [9.17, 15) is 9.50 Å². The Bertz CT molecular complexity index is 570. The summed E-state index contributed by atoms with van der Waals surface area (Å²) in [5.74, 6) is 0.343. The number of nitrogens with zero attached hydrogens (tertiary/aromatic N) is 1. The number of aliphatic hydroxyl groups excluding tert-OH is 1. The molecular weight excluding hydrogens is 245 g/mol. The average molecular weight is 261 g/mol. The van der Waals surface area contributed by atoms with Gasteiger partial charge in [-0.2, -0.15) is 0 Å². The summed E-state index contributed by atoms with van der Waals surface area (Å²) in [5.41, 5.74) is 2.46. The average Bonchev–Trinajstić information content (AvgIpc) is 2.37. The van der Waals surface area contributed by atoms with Crippen LogP contribution in [0, 0.1) is 12.7 Å². The minimum atomic E-state index is -0.500. The number of rotatable bonds is 4. The number of aliphatic hydroxyl groups is 1. The SMILES string of the molecule is Cc1cc([C@@H](C)O)ccc1OCc1cncc(F)c1. The maximum Gasteiger partial charge on any atom is 0.141 e. The summed E-state index contributed by atoms with van der Waals surface area (Å²) in [6.45, 7) is 3.89. The van der Waals surface area contributed by atoms with Crippen LogP contribution < -0.4 is 4.74 Å². The molecule has 0 aliphatic rings. The Kier molecular flexibility index (Phi) is 4.12. The first kappa shape index (κ1) is 13.5. The lowest BCUT2D eigenvalue weighted by atomic mass is 10.1. The van der Waals surface area contributed by atoms with E-state index in [0.29, 0.717) is 11.3 Å². The highest BCUT2D eigenvalue weighted by atomic mass is 19.1. The van der Waals surface area contributed by atoms with E-state index in [0.717, 1.165) is 17.3 Å². The van der Waals surface area contributed by atoms with E-state index in [-0.39, 0.29) is 12.4 Å². The lowest BCUT2D eigenvalue weighted by Gasteiger charge is -2.12. The van der Waals surface area contributed by atoms with Crippen LogP contribution in [0.4, 0.5) is 4.39 Å². The van der Waals surface area contributed by atoms with Crippen LogP contribution in [0.2, 0.25) is 0 Å². The molecule has 0 fully saturated rings. The summed E-state index contributed by atoms with van der Waals surface area (Å²) in [6, 6.07) is 6.90. The molecule has 100 valence electrons. The number of hydrogen-bond donors (Lipinski definition) is 1. The lowest BCUT2D eigenvalue weighted by molar-refractivity contribution is 0.199. The van der Waals surface area contributed by atoms with Crippen molar-refractivity contribution in [1.29, 1.82) is 0 Å². The standard InChI is InChI=1S/C15H16FNO2/c1-10-5-13(11(2)18)3-4-15(10)19-9-12-6-14(16)8-17-7-12/h3-8,11,18H,9H2,1-2H3/t11-/m1/s1. The van der Waals surface area contributed by atoms with Crippen molar-refractivity contribution in [2.45, 2.75) is 26.6 Å². The predicted octanol–water partition coefficient (Wildman–Crippen LogP) is 3.16. The number of benzene rings is 1. The molecule has 0 aliphatic heterocycles. The second-order valence-electron chi connectivity index (χ2n) is 4.50. The van der Waals surface area contributed by atoms with Crippen LogP contribution in [-0.2, 0) is 6.61 Å². The van der Waals surface area contributed by atoms with Crippen molar-refractivity contribution >= 4 is 0 Å². The van der Waals surface area contributed by atoms with Crippen molar-refractivity contribution in [3.63, 3.8) is 0 Å². The maximum atomic E-state index is 13.0. The van der Waals surface area contributed by atoms with Gasteiger partial charge in [0.15, 0.2) is 0 Å². The Morgan fingerprint density at radius 1 is 1.32 bits per heavy atom. The molecule has 0 aliphatic carbocycles. The first-order chi connectivity index (χ1) is 9.06. The van der Waals surface area contributed by atoms with E-state index in [1.165, 1.54) is 6.07 Å². The predicted molar refractivity (Wildman–Crippen MR) is 70.3 cm³/mol. The van der Waals surface area contributed by atoms with Gasteiger partial charge in [-0.15, -0.1) is 0 Å². The number of aromatic nitrogens is 1. The van der Waals surface area contributed by atoms with Crippen molar-refractivity contribution < 1.29 is 14.2 Å². The second-order valence-corrected chi connectivity index (χ2v) is 4.50. The van der Waals surface area contributed by atoms with E-state index in [4.69, 9.17) is 4.74 Å². The molecule has 0 bridgehead atoms. The summed E-state index contributed by atoms with van der Waals surface area (Å²) in [6.07, 6.45) is 2.23. The van der Waals surface area contributed by atoms with Gasteiger partial charge in [-0.1, -0.05) is 6.07 Å². The van der Waals surface area contributed by atoms with E-state index < -0.39 is 6.10 Å². The topological polar surface area (TPSA) is 42.4 Å². The minimum Gasteiger partial charge on any atom is -0.489 e. The van der Waals surface area contributed by atoms with Crippen molar-refractivity contribution in [2.24, 2.45) is 0 Å². The summed E-state index contributed by atoms with van der Waals surface area (Å²) >= 11 is 0. The third-order valence-corrected chi connectivity index (χ3v) is 2.84. The largest absolute Gasteiger partial charge is 0.489 e. The lowest BCUT2D eigenvalue weighted by Crippen LogP contribution is -1.99. The number of ether oxygens (including phenoxy) is 1. The summed E-state index contributed by atoms with van der Waals surface area (Å²) < 4.78 is 18.6. The Morgan fingerprint density at radius 2 is 2.11 bits per heavy atom. The van der Waals surface area contributed by atoms with Gasteiger partial charge in [0.2, 0.25) is 0 Å². The molecule has 2 aromatic rings. The minimum absolute atomic E-state index is 0.264. The van der Waals surface area contributed by atoms with Crippen molar-refractivity contribution in [3.05, 3.63) is 59.2 Å². The van der Waals surface area contributed by atoms with Crippen molar-refractivity contribution in [1.82, 2.24) is 4.98 Å². The molecule has 1 atom stereocenters. The Labute approximate surface area is 111 Å². The summed E-state index contributed by atoms with van der Waals surface area (Å²) in [5, 5.41) is 9.49. The monoisotopic (exact) mass is 261 g/mol. The molecule has 3 nitrogen and oxygen atoms in total.